The summed E-state index contributed by atoms with van der Waals surface area (Å²) < 4.78 is 5.30. The second-order valence-electron chi connectivity index (χ2n) is 2.75. The normalized spacial score (nSPS) is 10.9. The quantitative estimate of drug-likeness (QED) is 0.530. The molecule has 0 rings (SSSR count). The molecule has 0 spiro atoms. The van der Waals surface area contributed by atoms with Crippen LogP contribution in [0.15, 0.2) is 0 Å². The zero-order valence-corrected chi connectivity index (χ0v) is 7.47. The van der Waals surface area contributed by atoms with E-state index in [1.165, 1.54) is 0 Å². The number of aliphatic hydroxyl groups excluding tert-OH is 1. The van der Waals surface area contributed by atoms with Gasteiger partial charge < -0.3 is 15.2 Å². The first kappa shape index (κ1) is 10.9. The molecule has 0 saturated carbocycles. The molecule has 3 nitrogen and oxygen atoms in total. The lowest BCUT2D eigenvalue weighted by atomic mass is 10.4. The molecular formula is C8H19NO2. The van der Waals surface area contributed by atoms with Crippen molar-refractivity contribution < 1.29 is 9.84 Å². The van der Waals surface area contributed by atoms with Gasteiger partial charge in [-0.15, -0.1) is 0 Å². The van der Waals surface area contributed by atoms with E-state index in [-0.39, 0.29) is 6.61 Å². The summed E-state index contributed by atoms with van der Waals surface area (Å²) in [6, 6.07) is 0. The van der Waals surface area contributed by atoms with Crippen LogP contribution in [-0.2, 0) is 4.74 Å². The molecule has 3 heteroatoms. The molecule has 0 aromatic carbocycles. The summed E-state index contributed by atoms with van der Waals surface area (Å²) >= 11 is 0. The Labute approximate surface area is 68.8 Å². The van der Waals surface area contributed by atoms with Gasteiger partial charge in [0.1, 0.15) is 0 Å². The number of hydrogen-bond donors (Lipinski definition) is 2. The van der Waals surface area contributed by atoms with Crippen LogP contribution >= 0.6 is 0 Å². The second-order valence-corrected chi connectivity index (χ2v) is 2.75. The van der Waals surface area contributed by atoms with Crippen molar-refractivity contribution in [2.24, 2.45) is 0 Å². The fourth-order valence-corrected chi connectivity index (χ4v) is 0.696. The molecule has 68 valence electrons. The van der Waals surface area contributed by atoms with Crippen molar-refractivity contribution in [2.45, 2.75) is 26.4 Å². The maximum absolute atomic E-state index is 8.44. The van der Waals surface area contributed by atoms with E-state index in [0.717, 1.165) is 26.1 Å². The topological polar surface area (TPSA) is 41.5 Å². The van der Waals surface area contributed by atoms with Gasteiger partial charge in [-0.1, -0.05) is 0 Å². The first-order valence-corrected chi connectivity index (χ1v) is 4.20. The van der Waals surface area contributed by atoms with E-state index >= 15 is 0 Å². The molecule has 0 aliphatic rings. The highest BCUT2D eigenvalue weighted by Gasteiger charge is 1.91. The molecule has 0 atom stereocenters. The lowest BCUT2D eigenvalue weighted by molar-refractivity contribution is 0.0807. The molecule has 0 bridgehead atoms. The monoisotopic (exact) mass is 161 g/mol. The van der Waals surface area contributed by atoms with Crippen LogP contribution in [0.1, 0.15) is 20.3 Å². The Balaban J connectivity index is 2.80. The largest absolute Gasteiger partial charge is 0.396 e. The highest BCUT2D eigenvalue weighted by Crippen LogP contribution is 1.84. The van der Waals surface area contributed by atoms with Crippen LogP contribution in [0.5, 0.6) is 0 Å². The van der Waals surface area contributed by atoms with Crippen LogP contribution in [0.25, 0.3) is 0 Å². The molecule has 0 heterocycles. The standard InChI is InChI=1S/C8H19NO2/c1-8(2)11-7-5-9-4-3-6-10/h8-10H,3-7H2,1-2H3. The van der Waals surface area contributed by atoms with Gasteiger partial charge in [-0.25, -0.2) is 0 Å². The summed E-state index contributed by atoms with van der Waals surface area (Å²) in [6.07, 6.45) is 1.14. The van der Waals surface area contributed by atoms with Crippen molar-refractivity contribution >= 4 is 0 Å². The first-order chi connectivity index (χ1) is 5.27. The van der Waals surface area contributed by atoms with Crippen molar-refractivity contribution in [1.29, 1.82) is 0 Å². The second kappa shape index (κ2) is 7.98. The van der Waals surface area contributed by atoms with Crippen molar-refractivity contribution in [2.75, 3.05) is 26.3 Å². The summed E-state index contributed by atoms with van der Waals surface area (Å²) in [5.74, 6) is 0. The summed E-state index contributed by atoms with van der Waals surface area (Å²) in [4.78, 5) is 0. The van der Waals surface area contributed by atoms with Crippen LogP contribution in [0.3, 0.4) is 0 Å². The first-order valence-electron chi connectivity index (χ1n) is 4.20. The SMILES string of the molecule is CC(C)OCCNCCCO. The molecule has 0 amide bonds. The number of hydrogen-bond acceptors (Lipinski definition) is 3. The minimum absolute atomic E-state index is 0.262. The molecule has 2 N–H and O–H groups in total. The third kappa shape index (κ3) is 9.88. The molecule has 0 radical (unpaired) electrons. The Hall–Kier alpha value is -0.120. The highest BCUT2D eigenvalue weighted by molar-refractivity contribution is 4.46. The fourth-order valence-electron chi connectivity index (χ4n) is 0.696. The fraction of sp³-hybridized carbons (Fsp3) is 1.00. The Morgan fingerprint density at radius 1 is 1.36 bits per heavy atom. The summed E-state index contributed by atoms with van der Waals surface area (Å²) in [7, 11) is 0. The predicted molar refractivity (Wildman–Crippen MR) is 45.7 cm³/mol. The molecule has 0 aromatic rings. The molecule has 0 aliphatic carbocycles. The lowest BCUT2D eigenvalue weighted by Gasteiger charge is -2.07. The van der Waals surface area contributed by atoms with E-state index in [9.17, 15) is 0 Å². The van der Waals surface area contributed by atoms with Gasteiger partial charge in [-0.3, -0.25) is 0 Å². The number of aliphatic hydroxyl groups is 1. The maximum Gasteiger partial charge on any atom is 0.0594 e. The minimum Gasteiger partial charge on any atom is -0.396 e. The van der Waals surface area contributed by atoms with Crippen LogP contribution < -0.4 is 5.32 Å². The summed E-state index contributed by atoms with van der Waals surface area (Å²) in [5, 5.41) is 11.6. The van der Waals surface area contributed by atoms with Crippen molar-refractivity contribution in [3.63, 3.8) is 0 Å². The summed E-state index contributed by atoms with van der Waals surface area (Å²) in [6.45, 7) is 6.80. The van der Waals surface area contributed by atoms with E-state index in [1.54, 1.807) is 0 Å². The van der Waals surface area contributed by atoms with Crippen LogP contribution in [0.2, 0.25) is 0 Å². The van der Waals surface area contributed by atoms with Crippen molar-refractivity contribution in [1.82, 2.24) is 5.32 Å². The average molecular weight is 161 g/mol. The Kier molecular flexibility index (Phi) is 7.89. The summed E-state index contributed by atoms with van der Waals surface area (Å²) in [5.41, 5.74) is 0. The Morgan fingerprint density at radius 2 is 2.09 bits per heavy atom. The zero-order valence-electron chi connectivity index (χ0n) is 7.47. The Morgan fingerprint density at radius 3 is 2.64 bits per heavy atom. The van der Waals surface area contributed by atoms with Gasteiger partial charge in [0.25, 0.3) is 0 Å². The third-order valence-electron chi connectivity index (χ3n) is 1.24. The van der Waals surface area contributed by atoms with Crippen LogP contribution in [0.4, 0.5) is 0 Å². The highest BCUT2D eigenvalue weighted by atomic mass is 16.5. The third-order valence-corrected chi connectivity index (χ3v) is 1.24. The number of rotatable bonds is 7. The van der Waals surface area contributed by atoms with E-state index in [1.807, 2.05) is 13.8 Å². The van der Waals surface area contributed by atoms with E-state index in [0.29, 0.717) is 6.10 Å². The molecular weight excluding hydrogens is 142 g/mol. The van der Waals surface area contributed by atoms with Gasteiger partial charge in [0, 0.05) is 13.2 Å². The van der Waals surface area contributed by atoms with Gasteiger partial charge in [-0.2, -0.15) is 0 Å². The smallest absolute Gasteiger partial charge is 0.0594 e. The number of nitrogens with one attached hydrogen (secondary N) is 1. The molecule has 0 aromatic heterocycles. The maximum atomic E-state index is 8.44. The van der Waals surface area contributed by atoms with E-state index < -0.39 is 0 Å². The molecule has 0 aliphatic heterocycles. The average Bonchev–Trinajstić information content (AvgIpc) is 1.96. The van der Waals surface area contributed by atoms with Gasteiger partial charge in [0.15, 0.2) is 0 Å². The van der Waals surface area contributed by atoms with E-state index in [4.69, 9.17) is 9.84 Å². The molecule has 11 heavy (non-hydrogen) atoms. The zero-order chi connectivity index (χ0) is 8.53. The van der Waals surface area contributed by atoms with Crippen LogP contribution in [0, 0.1) is 0 Å². The van der Waals surface area contributed by atoms with E-state index in [2.05, 4.69) is 5.32 Å². The minimum atomic E-state index is 0.262. The lowest BCUT2D eigenvalue weighted by Crippen LogP contribution is -2.22. The van der Waals surface area contributed by atoms with Gasteiger partial charge in [0.2, 0.25) is 0 Å². The van der Waals surface area contributed by atoms with Gasteiger partial charge in [-0.05, 0) is 26.8 Å². The van der Waals surface area contributed by atoms with Gasteiger partial charge >= 0.3 is 0 Å². The molecule has 0 saturated heterocycles. The molecule has 0 fully saturated rings. The van der Waals surface area contributed by atoms with Crippen molar-refractivity contribution in [3.05, 3.63) is 0 Å². The van der Waals surface area contributed by atoms with Crippen LogP contribution in [-0.4, -0.2) is 37.5 Å². The van der Waals surface area contributed by atoms with Crippen molar-refractivity contribution in [3.8, 4) is 0 Å². The number of ether oxygens (including phenoxy) is 1. The predicted octanol–water partition coefficient (Wildman–Crippen LogP) is 0.383. The Bertz CT molecular complexity index is 76.5. The molecule has 0 unspecified atom stereocenters. The van der Waals surface area contributed by atoms with Gasteiger partial charge in [0.05, 0.1) is 12.7 Å².